The van der Waals surface area contributed by atoms with Gasteiger partial charge >= 0.3 is 0 Å². The number of fused-ring (bicyclic) bond motifs is 3. The van der Waals surface area contributed by atoms with Gasteiger partial charge < -0.3 is 29.2 Å². The second kappa shape index (κ2) is 9.13. The molecular formula is C29H30N4O4. The molecule has 2 aromatic heterocycles. The van der Waals surface area contributed by atoms with E-state index in [-0.39, 0.29) is 24.1 Å². The van der Waals surface area contributed by atoms with Crippen LogP contribution in [0.1, 0.15) is 47.9 Å². The van der Waals surface area contributed by atoms with E-state index in [2.05, 4.69) is 44.1 Å². The molecule has 4 aromatic rings. The van der Waals surface area contributed by atoms with Gasteiger partial charge in [-0.3, -0.25) is 0 Å². The van der Waals surface area contributed by atoms with Gasteiger partial charge in [0.2, 0.25) is 0 Å². The molecule has 0 spiro atoms. The van der Waals surface area contributed by atoms with Gasteiger partial charge in [-0.15, -0.1) is 0 Å². The number of aromatic nitrogens is 3. The number of aliphatic hydroxyl groups is 1. The highest BCUT2D eigenvalue weighted by atomic mass is 16.7. The van der Waals surface area contributed by atoms with Crippen LogP contribution < -0.4 is 10.1 Å². The lowest BCUT2D eigenvalue weighted by molar-refractivity contribution is -0.249. The van der Waals surface area contributed by atoms with Crippen molar-refractivity contribution in [2.75, 3.05) is 19.0 Å². The van der Waals surface area contributed by atoms with Gasteiger partial charge in [-0.2, -0.15) is 0 Å². The summed E-state index contributed by atoms with van der Waals surface area (Å²) in [5.41, 5.74) is 4.47. The van der Waals surface area contributed by atoms with Gasteiger partial charge in [0.05, 0.1) is 37.3 Å². The van der Waals surface area contributed by atoms with E-state index < -0.39 is 12.4 Å². The predicted molar refractivity (Wildman–Crippen MR) is 138 cm³/mol. The Morgan fingerprint density at radius 3 is 2.81 bits per heavy atom. The van der Waals surface area contributed by atoms with Gasteiger partial charge in [0.1, 0.15) is 29.6 Å². The van der Waals surface area contributed by atoms with E-state index >= 15 is 0 Å². The third kappa shape index (κ3) is 3.87. The summed E-state index contributed by atoms with van der Waals surface area (Å²) in [4.78, 5) is 9.19. The van der Waals surface area contributed by atoms with E-state index in [9.17, 15) is 5.11 Å². The smallest absolute Gasteiger partial charge is 0.184 e. The van der Waals surface area contributed by atoms with Crippen LogP contribution in [-0.2, 0) is 15.9 Å². The minimum Gasteiger partial charge on any atom is -0.497 e. The molecule has 2 aliphatic carbocycles. The molecule has 1 aliphatic heterocycles. The summed E-state index contributed by atoms with van der Waals surface area (Å²) in [7, 11) is 1.64. The van der Waals surface area contributed by atoms with Crippen LogP contribution in [0.2, 0.25) is 0 Å². The number of anilines is 1. The van der Waals surface area contributed by atoms with Crippen molar-refractivity contribution in [3.63, 3.8) is 0 Å². The number of benzene rings is 2. The largest absolute Gasteiger partial charge is 0.497 e. The van der Waals surface area contributed by atoms with Gasteiger partial charge in [-0.05, 0) is 48.6 Å². The summed E-state index contributed by atoms with van der Waals surface area (Å²) in [5, 5.41) is 16.0. The minimum atomic E-state index is -0.668. The molecule has 0 amide bonds. The zero-order valence-electron chi connectivity index (χ0n) is 20.7. The molecular weight excluding hydrogens is 468 g/mol. The predicted octanol–water partition coefficient (Wildman–Crippen LogP) is 4.58. The molecule has 7 rings (SSSR count). The Hall–Kier alpha value is -3.46. The van der Waals surface area contributed by atoms with Crippen LogP contribution in [0, 0.1) is 5.92 Å². The highest BCUT2D eigenvalue weighted by Gasteiger charge is 2.48. The molecule has 1 saturated heterocycles. The summed E-state index contributed by atoms with van der Waals surface area (Å²) in [6, 6.07) is 18.4. The van der Waals surface area contributed by atoms with Crippen molar-refractivity contribution in [2.24, 2.45) is 5.92 Å². The number of aliphatic hydroxyl groups excluding tert-OH is 1. The van der Waals surface area contributed by atoms with Crippen molar-refractivity contribution in [2.45, 2.75) is 49.8 Å². The van der Waals surface area contributed by atoms with Crippen LogP contribution in [0.15, 0.2) is 67.1 Å². The summed E-state index contributed by atoms with van der Waals surface area (Å²) >= 11 is 0. The zero-order valence-corrected chi connectivity index (χ0v) is 20.7. The van der Waals surface area contributed by atoms with Gasteiger partial charge in [0, 0.05) is 17.7 Å². The topological polar surface area (TPSA) is 90.7 Å². The van der Waals surface area contributed by atoms with Crippen molar-refractivity contribution in [3.05, 3.63) is 83.8 Å². The first kappa shape index (κ1) is 22.7. The van der Waals surface area contributed by atoms with Crippen LogP contribution in [-0.4, -0.2) is 45.6 Å². The monoisotopic (exact) mass is 498 g/mol. The van der Waals surface area contributed by atoms with E-state index in [4.69, 9.17) is 14.2 Å². The number of hydrogen-bond donors (Lipinski definition) is 2. The van der Waals surface area contributed by atoms with E-state index in [1.54, 1.807) is 13.4 Å². The highest BCUT2D eigenvalue weighted by Crippen LogP contribution is 2.45. The second-order valence-electron chi connectivity index (χ2n) is 10.2. The lowest BCUT2D eigenvalue weighted by Gasteiger charge is -2.34. The number of rotatable bonds is 5. The Bertz CT molecular complexity index is 1420. The Labute approximate surface area is 215 Å². The molecule has 8 heteroatoms. The van der Waals surface area contributed by atoms with Crippen LogP contribution in [0.3, 0.4) is 0 Å². The van der Waals surface area contributed by atoms with E-state index in [1.165, 1.54) is 11.1 Å². The number of ether oxygens (including phenoxy) is 3. The quantitative estimate of drug-likeness (QED) is 0.416. The average Bonchev–Trinajstić information content (AvgIpc) is 3.65. The first-order chi connectivity index (χ1) is 18.2. The molecule has 190 valence electrons. The number of aryl methyl sites for hydroxylation is 1. The molecule has 3 aliphatic rings. The number of methoxy groups -OCH3 is 1. The Kier molecular flexibility index (Phi) is 5.61. The summed E-state index contributed by atoms with van der Waals surface area (Å²) in [6.07, 6.45) is 5.01. The highest BCUT2D eigenvalue weighted by molar-refractivity contribution is 5.87. The number of nitrogens with one attached hydrogen (secondary N) is 1. The standard InChI is InChI=1S/C29H30N4O4/c1-35-20-9-6-18(7-10-20)29-36-15-19-14-24(25(34)26(19)37-29)33-13-12-22-27(30-16-31-28(22)33)32-23-11-8-17-4-2-3-5-21(17)23/h2-7,9-10,12-13,16,19,23-26,29,34H,8,11,14-15H2,1H3,(H,30,31,32)/t19-,23-,24+,25-,26+,29-/m0/s1. The molecule has 0 unspecified atom stereocenters. The zero-order chi connectivity index (χ0) is 24.9. The van der Waals surface area contributed by atoms with Gasteiger partial charge in [-0.1, -0.05) is 36.4 Å². The maximum Gasteiger partial charge on any atom is 0.184 e. The van der Waals surface area contributed by atoms with E-state index in [1.807, 2.05) is 36.5 Å². The van der Waals surface area contributed by atoms with Gasteiger partial charge in [-0.25, -0.2) is 9.97 Å². The second-order valence-corrected chi connectivity index (χ2v) is 10.2. The van der Waals surface area contributed by atoms with Crippen LogP contribution >= 0.6 is 0 Å². The summed E-state index contributed by atoms with van der Waals surface area (Å²) in [5.74, 6) is 1.72. The molecule has 2 fully saturated rings. The molecule has 2 aromatic carbocycles. The SMILES string of the molecule is COc1ccc([C@H]2OC[C@@H]3C[C@@H](n4ccc5c(N[C@H]6CCc7ccccc76)ncnc54)[C@H](O)[C@@H]3O2)cc1. The molecule has 0 radical (unpaired) electrons. The normalized spacial score (nSPS) is 28.7. The lowest BCUT2D eigenvalue weighted by Crippen LogP contribution is -2.39. The van der Waals surface area contributed by atoms with Crippen LogP contribution in [0.5, 0.6) is 5.75 Å². The van der Waals surface area contributed by atoms with Crippen molar-refractivity contribution in [3.8, 4) is 5.75 Å². The molecule has 6 atom stereocenters. The summed E-state index contributed by atoms with van der Waals surface area (Å²) < 4.78 is 19.7. The number of hydrogen-bond acceptors (Lipinski definition) is 7. The third-order valence-electron chi connectivity index (χ3n) is 8.18. The maximum atomic E-state index is 11.4. The molecule has 3 heterocycles. The molecule has 37 heavy (non-hydrogen) atoms. The maximum absolute atomic E-state index is 11.4. The average molecular weight is 499 g/mol. The first-order valence-corrected chi connectivity index (χ1v) is 12.9. The van der Waals surface area contributed by atoms with Gasteiger partial charge in [0.25, 0.3) is 0 Å². The van der Waals surface area contributed by atoms with Crippen molar-refractivity contribution in [1.82, 2.24) is 14.5 Å². The van der Waals surface area contributed by atoms with E-state index in [0.29, 0.717) is 6.61 Å². The van der Waals surface area contributed by atoms with Crippen LogP contribution in [0.4, 0.5) is 5.82 Å². The van der Waals surface area contributed by atoms with Crippen LogP contribution in [0.25, 0.3) is 11.0 Å². The lowest BCUT2D eigenvalue weighted by atomic mass is 10.0. The van der Waals surface area contributed by atoms with E-state index in [0.717, 1.165) is 47.4 Å². The molecule has 1 saturated carbocycles. The first-order valence-electron chi connectivity index (χ1n) is 12.9. The molecule has 2 N–H and O–H groups in total. The third-order valence-corrected chi connectivity index (χ3v) is 8.18. The minimum absolute atomic E-state index is 0.112. The van der Waals surface area contributed by atoms with Crippen molar-refractivity contribution >= 4 is 16.9 Å². The Balaban J connectivity index is 1.12. The fourth-order valence-electron chi connectivity index (χ4n) is 6.27. The fraction of sp³-hybridized carbons (Fsp3) is 0.379. The summed E-state index contributed by atoms with van der Waals surface area (Å²) in [6.45, 7) is 0.539. The number of nitrogens with zero attached hydrogens (tertiary/aromatic N) is 3. The van der Waals surface area contributed by atoms with Gasteiger partial charge in [0.15, 0.2) is 6.29 Å². The Morgan fingerprint density at radius 2 is 1.95 bits per heavy atom. The van der Waals surface area contributed by atoms with Crippen molar-refractivity contribution < 1.29 is 19.3 Å². The van der Waals surface area contributed by atoms with Crippen molar-refractivity contribution in [1.29, 1.82) is 0 Å². The fourth-order valence-corrected chi connectivity index (χ4v) is 6.27. The molecule has 8 nitrogen and oxygen atoms in total. The Morgan fingerprint density at radius 1 is 1.08 bits per heavy atom. The molecule has 0 bridgehead atoms.